The van der Waals surface area contributed by atoms with Crippen LogP contribution in [0.25, 0.3) is 0 Å². The van der Waals surface area contributed by atoms with Gasteiger partial charge >= 0.3 is 0 Å². The molecule has 0 aromatic heterocycles. The maximum atomic E-state index is 8.30. The fourth-order valence-electron chi connectivity index (χ4n) is 1.07. The van der Waals surface area contributed by atoms with Gasteiger partial charge in [0, 0.05) is 18.1 Å². The summed E-state index contributed by atoms with van der Waals surface area (Å²) in [5.74, 6) is 0. The molecule has 0 radical (unpaired) electrons. The molecule has 0 fully saturated rings. The van der Waals surface area contributed by atoms with E-state index >= 15 is 0 Å². The molecular formula is C11H12ClNO. The van der Waals surface area contributed by atoms with Gasteiger partial charge in [0.05, 0.1) is 12.7 Å². The van der Waals surface area contributed by atoms with Crippen LogP contribution in [-0.4, -0.2) is 6.61 Å². The number of unbranched alkanes of at least 4 members (excludes halogenated alkanes) is 1. The number of ether oxygens (including phenoxy) is 1. The first-order valence-corrected chi connectivity index (χ1v) is 4.90. The molecule has 0 unspecified atom stereocenters. The number of hydrogen-bond acceptors (Lipinski definition) is 2. The van der Waals surface area contributed by atoms with E-state index < -0.39 is 0 Å². The summed E-state index contributed by atoms with van der Waals surface area (Å²) in [7, 11) is 0. The number of benzene rings is 1. The van der Waals surface area contributed by atoms with Gasteiger partial charge in [-0.2, -0.15) is 5.26 Å². The van der Waals surface area contributed by atoms with Crippen LogP contribution in [0, 0.1) is 11.3 Å². The average molecular weight is 210 g/mol. The fraction of sp³-hybridized carbons (Fsp3) is 0.364. The number of rotatable bonds is 5. The first-order chi connectivity index (χ1) is 6.83. The van der Waals surface area contributed by atoms with Gasteiger partial charge in [0.1, 0.15) is 0 Å². The van der Waals surface area contributed by atoms with E-state index in [1.165, 1.54) is 0 Å². The van der Waals surface area contributed by atoms with Crippen molar-refractivity contribution in [3.63, 3.8) is 0 Å². The van der Waals surface area contributed by atoms with Gasteiger partial charge in [0.15, 0.2) is 0 Å². The standard InChI is InChI=1S/C11H12ClNO/c12-11-5-3-4-10(8-11)9-14-7-2-1-6-13/h3-5,8H,1-2,7,9H2. The van der Waals surface area contributed by atoms with Crippen molar-refractivity contribution in [3.05, 3.63) is 34.9 Å². The molecule has 0 heterocycles. The Morgan fingerprint density at radius 1 is 1.43 bits per heavy atom. The van der Waals surface area contributed by atoms with Gasteiger partial charge in [-0.15, -0.1) is 0 Å². The quantitative estimate of drug-likeness (QED) is 0.698. The third-order valence-electron chi connectivity index (χ3n) is 1.74. The molecule has 2 nitrogen and oxygen atoms in total. The molecule has 1 rings (SSSR count). The molecule has 0 amide bonds. The van der Waals surface area contributed by atoms with E-state index in [-0.39, 0.29) is 0 Å². The van der Waals surface area contributed by atoms with Crippen LogP contribution < -0.4 is 0 Å². The van der Waals surface area contributed by atoms with Gasteiger partial charge < -0.3 is 4.74 Å². The van der Waals surface area contributed by atoms with Crippen LogP contribution in [0.3, 0.4) is 0 Å². The second kappa shape index (κ2) is 6.42. The van der Waals surface area contributed by atoms with E-state index in [0.29, 0.717) is 19.6 Å². The second-order valence-electron chi connectivity index (χ2n) is 2.94. The lowest BCUT2D eigenvalue weighted by Crippen LogP contribution is -1.94. The smallest absolute Gasteiger partial charge is 0.0717 e. The van der Waals surface area contributed by atoms with Crippen LogP contribution in [-0.2, 0) is 11.3 Å². The van der Waals surface area contributed by atoms with E-state index in [1.54, 1.807) is 0 Å². The van der Waals surface area contributed by atoms with Crippen molar-refractivity contribution in [2.45, 2.75) is 19.4 Å². The summed E-state index contributed by atoms with van der Waals surface area (Å²) in [6.07, 6.45) is 1.34. The van der Waals surface area contributed by atoms with Gasteiger partial charge in [-0.05, 0) is 24.1 Å². The number of halogens is 1. The molecule has 0 aliphatic heterocycles. The highest BCUT2D eigenvalue weighted by Crippen LogP contribution is 2.11. The first kappa shape index (κ1) is 11.0. The Kier molecular flexibility index (Phi) is 5.06. The Hall–Kier alpha value is -1.04. The van der Waals surface area contributed by atoms with E-state index in [0.717, 1.165) is 17.0 Å². The molecule has 14 heavy (non-hydrogen) atoms. The van der Waals surface area contributed by atoms with Crippen LogP contribution in [0.2, 0.25) is 5.02 Å². The van der Waals surface area contributed by atoms with Gasteiger partial charge in [0.25, 0.3) is 0 Å². The van der Waals surface area contributed by atoms with Crippen LogP contribution in [0.5, 0.6) is 0 Å². The predicted octanol–water partition coefficient (Wildman–Crippen LogP) is 3.16. The molecule has 0 saturated heterocycles. The molecule has 0 N–H and O–H groups in total. The molecule has 1 aromatic rings. The highest BCUT2D eigenvalue weighted by Gasteiger charge is 1.94. The minimum absolute atomic E-state index is 0.551. The largest absolute Gasteiger partial charge is 0.377 e. The summed E-state index contributed by atoms with van der Waals surface area (Å²) in [5, 5.41) is 9.02. The Labute approximate surface area is 89.1 Å². The predicted molar refractivity (Wildman–Crippen MR) is 56.0 cm³/mol. The molecule has 3 heteroatoms. The highest BCUT2D eigenvalue weighted by molar-refractivity contribution is 6.30. The maximum Gasteiger partial charge on any atom is 0.0717 e. The summed E-state index contributed by atoms with van der Waals surface area (Å²) in [5.41, 5.74) is 1.06. The summed E-state index contributed by atoms with van der Waals surface area (Å²) in [4.78, 5) is 0. The number of nitrogens with zero attached hydrogens (tertiary/aromatic N) is 1. The summed E-state index contributed by atoms with van der Waals surface area (Å²) < 4.78 is 5.37. The summed E-state index contributed by atoms with van der Waals surface area (Å²) in [6, 6.07) is 9.66. The van der Waals surface area contributed by atoms with E-state index in [9.17, 15) is 0 Å². The molecule has 0 aliphatic rings. The third kappa shape index (κ3) is 4.27. The second-order valence-corrected chi connectivity index (χ2v) is 3.38. The minimum Gasteiger partial charge on any atom is -0.377 e. The lowest BCUT2D eigenvalue weighted by atomic mass is 10.2. The minimum atomic E-state index is 0.551. The normalized spacial score (nSPS) is 9.71. The molecular weight excluding hydrogens is 198 g/mol. The van der Waals surface area contributed by atoms with Crippen LogP contribution in [0.4, 0.5) is 0 Å². The Bertz CT molecular complexity index is 319. The maximum absolute atomic E-state index is 8.30. The molecule has 0 spiro atoms. The average Bonchev–Trinajstić information content (AvgIpc) is 2.18. The van der Waals surface area contributed by atoms with Crippen molar-refractivity contribution < 1.29 is 4.74 Å². The zero-order valence-corrected chi connectivity index (χ0v) is 8.63. The van der Waals surface area contributed by atoms with Crippen molar-refractivity contribution in [2.75, 3.05) is 6.61 Å². The van der Waals surface area contributed by atoms with E-state index in [1.807, 2.05) is 24.3 Å². The SMILES string of the molecule is N#CCCCOCc1cccc(Cl)c1. The molecule has 0 bridgehead atoms. The lowest BCUT2D eigenvalue weighted by molar-refractivity contribution is 0.119. The van der Waals surface area contributed by atoms with Crippen molar-refractivity contribution in [1.29, 1.82) is 5.26 Å². The molecule has 0 atom stereocenters. The highest BCUT2D eigenvalue weighted by atomic mass is 35.5. The zero-order chi connectivity index (χ0) is 10.2. The summed E-state index contributed by atoms with van der Waals surface area (Å²) in [6.45, 7) is 1.19. The third-order valence-corrected chi connectivity index (χ3v) is 1.97. The van der Waals surface area contributed by atoms with Gasteiger partial charge in [-0.1, -0.05) is 23.7 Å². The van der Waals surface area contributed by atoms with Crippen LogP contribution in [0.1, 0.15) is 18.4 Å². The van der Waals surface area contributed by atoms with E-state index in [2.05, 4.69) is 6.07 Å². The molecule has 1 aromatic carbocycles. The first-order valence-electron chi connectivity index (χ1n) is 4.52. The molecule has 0 aliphatic carbocycles. The topological polar surface area (TPSA) is 33.0 Å². The van der Waals surface area contributed by atoms with Crippen molar-refractivity contribution in [3.8, 4) is 6.07 Å². The Morgan fingerprint density at radius 2 is 2.29 bits per heavy atom. The zero-order valence-electron chi connectivity index (χ0n) is 7.87. The molecule has 74 valence electrons. The fourth-order valence-corrected chi connectivity index (χ4v) is 1.28. The lowest BCUT2D eigenvalue weighted by Gasteiger charge is -2.02. The Morgan fingerprint density at radius 3 is 3.00 bits per heavy atom. The summed E-state index contributed by atoms with van der Waals surface area (Å²) >= 11 is 5.81. The van der Waals surface area contributed by atoms with Crippen molar-refractivity contribution >= 4 is 11.6 Å². The van der Waals surface area contributed by atoms with Crippen LogP contribution in [0.15, 0.2) is 24.3 Å². The van der Waals surface area contributed by atoms with Crippen LogP contribution >= 0.6 is 11.6 Å². The van der Waals surface area contributed by atoms with E-state index in [4.69, 9.17) is 21.6 Å². The monoisotopic (exact) mass is 209 g/mol. The number of hydrogen-bond donors (Lipinski definition) is 0. The Balaban J connectivity index is 2.22. The molecule has 0 saturated carbocycles. The van der Waals surface area contributed by atoms with Gasteiger partial charge in [-0.25, -0.2) is 0 Å². The van der Waals surface area contributed by atoms with Crippen molar-refractivity contribution in [1.82, 2.24) is 0 Å². The number of nitriles is 1. The van der Waals surface area contributed by atoms with Gasteiger partial charge in [-0.3, -0.25) is 0 Å². The van der Waals surface area contributed by atoms with Crippen molar-refractivity contribution in [2.24, 2.45) is 0 Å². The van der Waals surface area contributed by atoms with Gasteiger partial charge in [0.2, 0.25) is 0 Å².